The maximum Gasteiger partial charge on any atom is 0.180 e. The molecule has 0 saturated heterocycles. The standard InChI is InChI=1S/2C53H33N5O/c1-3-10-34(11-4-1)35-20-26-41(27-21-35)52-56-51(40-13-5-2-6-14-40)57-53(58-52)42-28-22-37(23-29-42)44-16-9-15-43(32-44)36-18-24-39(25-19-36)48-50-49(55-33-54-48)47-45-17-8-7-12-38(45)30-31-46(47)59-50;1-3-10-34(11-4-1)35-20-26-40(27-21-35)52-56-51(39-12-5-2-6-13-39)57-53(58-52)41-28-22-37(23-29-41)43-15-9-14-42(30-43)36-18-24-38(25-19-36)46-31-44-32-54-33-55-49(44)48-45-16-7-8-17-47(45)59-50(46)48/h2*1-33H. The Hall–Kier alpha value is -16.2. The van der Waals surface area contributed by atoms with Crippen LogP contribution in [0.5, 0.6) is 0 Å². The van der Waals surface area contributed by atoms with Gasteiger partial charge < -0.3 is 8.83 Å². The van der Waals surface area contributed by atoms with Crippen LogP contribution in [0, 0.1) is 0 Å². The summed E-state index contributed by atoms with van der Waals surface area (Å²) in [7, 11) is 0. The third-order valence-corrected chi connectivity index (χ3v) is 21.8. The van der Waals surface area contributed by atoms with E-state index in [0.717, 1.165) is 171 Å². The van der Waals surface area contributed by atoms with Crippen molar-refractivity contribution < 1.29 is 8.83 Å². The van der Waals surface area contributed by atoms with Crippen LogP contribution < -0.4 is 0 Å². The smallest absolute Gasteiger partial charge is 0.180 e. The van der Waals surface area contributed by atoms with E-state index in [4.69, 9.17) is 38.7 Å². The van der Waals surface area contributed by atoms with Gasteiger partial charge in [0.15, 0.2) is 40.5 Å². The van der Waals surface area contributed by atoms with E-state index in [-0.39, 0.29) is 0 Å². The maximum absolute atomic E-state index is 6.46. The molecule has 12 heteroatoms. The Morgan fingerprint density at radius 2 is 0.534 bits per heavy atom. The predicted molar refractivity (Wildman–Crippen MR) is 477 cm³/mol. The largest absolute Gasteiger partial charge is 0.455 e. The van der Waals surface area contributed by atoms with Crippen molar-refractivity contribution in [3.63, 3.8) is 0 Å². The van der Waals surface area contributed by atoms with Crippen molar-refractivity contribution in [3.8, 4) is 157 Å². The fourth-order valence-electron chi connectivity index (χ4n) is 15.7. The lowest BCUT2D eigenvalue weighted by atomic mass is 9.95. The number of furan rings is 2. The topological polar surface area (TPSA) is 155 Å². The van der Waals surface area contributed by atoms with Crippen LogP contribution in [-0.2, 0) is 0 Å². The molecule has 0 aliphatic rings. The van der Waals surface area contributed by atoms with Gasteiger partial charge in [-0.25, -0.2) is 49.8 Å². The summed E-state index contributed by atoms with van der Waals surface area (Å²) >= 11 is 0. The van der Waals surface area contributed by atoms with E-state index in [0.29, 0.717) is 40.5 Å². The van der Waals surface area contributed by atoms with Gasteiger partial charge in [0.05, 0.1) is 16.3 Å². The van der Waals surface area contributed by atoms with Crippen LogP contribution in [0.2, 0.25) is 0 Å². The van der Waals surface area contributed by atoms with Crippen molar-refractivity contribution in [2.24, 2.45) is 0 Å². The van der Waals surface area contributed by atoms with Crippen LogP contribution in [0.15, 0.2) is 410 Å². The quantitative estimate of drug-likeness (QED) is 0.102. The first kappa shape index (κ1) is 69.7. The van der Waals surface area contributed by atoms with Crippen molar-refractivity contribution in [3.05, 3.63) is 401 Å². The Kier molecular flexibility index (Phi) is 18.0. The molecule has 0 fully saturated rings. The molecule has 0 bridgehead atoms. The summed E-state index contributed by atoms with van der Waals surface area (Å²) in [6.45, 7) is 0. The van der Waals surface area contributed by atoms with E-state index in [9.17, 15) is 0 Å². The lowest BCUT2D eigenvalue weighted by Crippen LogP contribution is -2.00. The van der Waals surface area contributed by atoms with E-state index < -0.39 is 0 Å². The van der Waals surface area contributed by atoms with Crippen molar-refractivity contribution in [1.29, 1.82) is 0 Å². The van der Waals surface area contributed by atoms with Gasteiger partial charge in [-0.05, 0) is 113 Å². The zero-order chi connectivity index (χ0) is 78.2. The summed E-state index contributed by atoms with van der Waals surface area (Å²) < 4.78 is 12.9. The molecule has 22 rings (SSSR count). The molecule has 0 radical (unpaired) electrons. The fourth-order valence-corrected chi connectivity index (χ4v) is 15.7. The average molecular weight is 1510 g/mol. The minimum atomic E-state index is 0.623. The van der Waals surface area contributed by atoms with Gasteiger partial charge in [0.25, 0.3) is 0 Å². The summed E-state index contributed by atoms with van der Waals surface area (Å²) in [5.74, 6) is 3.78. The summed E-state index contributed by atoms with van der Waals surface area (Å²) in [6.07, 6.45) is 5.10. The highest BCUT2D eigenvalue weighted by Crippen LogP contribution is 2.43. The number of hydrogen-bond acceptors (Lipinski definition) is 12. The van der Waals surface area contributed by atoms with Crippen LogP contribution in [0.3, 0.4) is 0 Å². The van der Waals surface area contributed by atoms with Gasteiger partial charge in [0.2, 0.25) is 0 Å². The van der Waals surface area contributed by atoms with Crippen LogP contribution >= 0.6 is 0 Å². The van der Waals surface area contributed by atoms with Gasteiger partial charge in [-0.15, -0.1) is 0 Å². The Balaban J connectivity index is 0.000000147. The third kappa shape index (κ3) is 13.6. The van der Waals surface area contributed by atoms with Crippen LogP contribution in [-0.4, -0.2) is 49.8 Å². The monoisotopic (exact) mass is 1510 g/mol. The second-order valence-corrected chi connectivity index (χ2v) is 29.1. The summed E-state index contributed by atoms with van der Waals surface area (Å²) in [6, 6.07) is 132. The number of benzene rings is 16. The zero-order valence-corrected chi connectivity index (χ0v) is 63.4. The summed E-state index contributed by atoms with van der Waals surface area (Å²) in [4.78, 5) is 48.0. The fraction of sp³-hybridized carbons (Fsp3) is 0. The maximum atomic E-state index is 6.46. The summed E-state index contributed by atoms with van der Waals surface area (Å²) in [5.41, 5.74) is 27.8. The predicted octanol–water partition coefficient (Wildman–Crippen LogP) is 26.8. The number of aromatic nitrogens is 10. The molecule has 22 aromatic rings. The van der Waals surface area contributed by atoms with E-state index >= 15 is 0 Å². The van der Waals surface area contributed by atoms with Gasteiger partial charge in [-0.3, -0.25) is 0 Å². The second kappa shape index (κ2) is 30.4. The summed E-state index contributed by atoms with van der Waals surface area (Å²) in [5, 5.41) is 6.33. The molecule has 12 nitrogen and oxygen atoms in total. The molecule has 0 spiro atoms. The SMILES string of the molecule is c1ccc(-c2ccc(-c3nc(-c4ccccc4)nc(-c4ccc(-c5cccc(-c6ccc(-c7cc8cncnc8c8c7oc7ccccc78)cc6)c5)cc4)n3)cc2)cc1.c1ccc(-c2ccc(-c3nc(-c4ccccc4)nc(-c4ccc(-c5cccc(-c6ccc(-c7ncnc8c7oc7ccc9ccccc9c78)cc6)c5)cc4)n3)cc2)cc1. The third-order valence-electron chi connectivity index (χ3n) is 21.8. The highest BCUT2D eigenvalue weighted by atomic mass is 16.3. The van der Waals surface area contributed by atoms with E-state index in [1.165, 1.54) is 11.1 Å². The molecular formula is C106H66N10O2. The van der Waals surface area contributed by atoms with E-state index in [2.05, 4.69) is 293 Å². The molecule has 16 aromatic carbocycles. The minimum absolute atomic E-state index is 0.623. The van der Waals surface area contributed by atoms with E-state index in [1.54, 1.807) is 12.7 Å². The van der Waals surface area contributed by atoms with Crippen molar-refractivity contribution in [2.75, 3.05) is 0 Å². The molecular weight excluding hydrogens is 1450 g/mol. The molecule has 6 heterocycles. The van der Waals surface area contributed by atoms with Crippen LogP contribution in [0.4, 0.5) is 0 Å². The van der Waals surface area contributed by atoms with Crippen molar-refractivity contribution in [2.45, 2.75) is 0 Å². The first-order chi connectivity index (χ1) is 58.4. The Morgan fingerprint density at radius 1 is 0.195 bits per heavy atom. The normalized spacial score (nSPS) is 11.4. The Bertz CT molecular complexity index is 7480. The molecule has 0 atom stereocenters. The molecule has 0 N–H and O–H groups in total. The lowest BCUT2D eigenvalue weighted by Gasteiger charge is -2.11. The van der Waals surface area contributed by atoms with Gasteiger partial charge in [-0.1, -0.05) is 352 Å². The minimum Gasteiger partial charge on any atom is -0.455 e. The average Bonchev–Trinajstić information content (AvgIpc) is 1.64. The molecule has 552 valence electrons. The number of fused-ring (bicyclic) bond motifs is 10. The molecule has 0 saturated carbocycles. The van der Waals surface area contributed by atoms with Crippen LogP contribution in [0.25, 0.3) is 223 Å². The molecule has 0 aliphatic heterocycles. The first-order valence-electron chi connectivity index (χ1n) is 39.1. The van der Waals surface area contributed by atoms with E-state index in [1.807, 2.05) is 115 Å². The van der Waals surface area contributed by atoms with Gasteiger partial charge in [0, 0.05) is 61.5 Å². The molecule has 0 amide bonds. The molecule has 0 aliphatic carbocycles. The highest BCUT2D eigenvalue weighted by Gasteiger charge is 2.22. The molecule has 118 heavy (non-hydrogen) atoms. The Morgan fingerprint density at radius 3 is 0.992 bits per heavy atom. The molecule has 6 aromatic heterocycles. The number of para-hydroxylation sites is 1. The number of nitrogens with zero attached hydrogens (tertiary/aromatic N) is 10. The first-order valence-corrected chi connectivity index (χ1v) is 39.1. The number of rotatable bonds is 14. The van der Waals surface area contributed by atoms with Gasteiger partial charge >= 0.3 is 0 Å². The van der Waals surface area contributed by atoms with Gasteiger partial charge in [0.1, 0.15) is 40.6 Å². The van der Waals surface area contributed by atoms with Crippen molar-refractivity contribution in [1.82, 2.24) is 49.8 Å². The van der Waals surface area contributed by atoms with Gasteiger partial charge in [-0.2, -0.15) is 0 Å². The second-order valence-electron chi connectivity index (χ2n) is 29.1. The Labute approximate surface area is 678 Å². The molecule has 0 unspecified atom stereocenters. The van der Waals surface area contributed by atoms with Crippen LogP contribution in [0.1, 0.15) is 0 Å². The zero-order valence-electron chi connectivity index (χ0n) is 63.4. The lowest BCUT2D eigenvalue weighted by molar-refractivity contribution is 0.667. The highest BCUT2D eigenvalue weighted by molar-refractivity contribution is 6.21. The number of hydrogen-bond donors (Lipinski definition) is 0. The van der Waals surface area contributed by atoms with Crippen molar-refractivity contribution >= 4 is 65.7 Å².